The van der Waals surface area contributed by atoms with Crippen LogP contribution in [0.25, 0.3) is 0 Å². The van der Waals surface area contributed by atoms with Gasteiger partial charge in [-0.1, -0.05) is 18.2 Å². The van der Waals surface area contributed by atoms with Crippen molar-refractivity contribution >= 4 is 29.9 Å². The second kappa shape index (κ2) is 11.3. The van der Waals surface area contributed by atoms with Crippen LogP contribution in [0.1, 0.15) is 31.9 Å². The molecule has 0 unspecified atom stereocenters. The molecule has 0 atom stereocenters. The summed E-state index contributed by atoms with van der Waals surface area (Å²) >= 11 is 0. The van der Waals surface area contributed by atoms with Gasteiger partial charge in [0, 0.05) is 18.7 Å². The lowest BCUT2D eigenvalue weighted by atomic mass is 10.1. The van der Waals surface area contributed by atoms with Crippen LogP contribution in [0, 0.1) is 6.92 Å². The van der Waals surface area contributed by atoms with Gasteiger partial charge in [0.1, 0.15) is 5.75 Å². The average molecular weight is 417 g/mol. The smallest absolute Gasteiger partial charge is 0.191 e. The van der Waals surface area contributed by atoms with Gasteiger partial charge in [0.05, 0.1) is 12.6 Å². The Balaban J connectivity index is 0.00000441. The van der Waals surface area contributed by atoms with Crippen LogP contribution in [-0.4, -0.2) is 25.2 Å². The van der Waals surface area contributed by atoms with Gasteiger partial charge in [-0.3, -0.25) is 0 Å². The number of nitrogens with one attached hydrogen (secondary N) is 2. The summed E-state index contributed by atoms with van der Waals surface area (Å²) in [4.78, 5) is 4.59. The van der Waals surface area contributed by atoms with Gasteiger partial charge in [0.15, 0.2) is 5.96 Å². The molecule has 1 aromatic carbocycles. The third-order valence-corrected chi connectivity index (χ3v) is 2.75. The molecule has 0 aliphatic carbocycles. The predicted octanol–water partition coefficient (Wildman–Crippen LogP) is 3.64. The van der Waals surface area contributed by atoms with Crippen LogP contribution in [0.4, 0.5) is 0 Å². The Bertz CT molecular complexity index is 487. The SMILES string of the molecule is C=CCNC(=NCc1ccc(C)cc1OC(C)C)NCC.I. The Morgan fingerprint density at radius 1 is 1.36 bits per heavy atom. The Morgan fingerprint density at radius 2 is 2.09 bits per heavy atom. The molecule has 0 spiro atoms. The molecule has 0 aliphatic rings. The van der Waals surface area contributed by atoms with Crippen LogP contribution in [0.15, 0.2) is 35.8 Å². The molecule has 124 valence electrons. The fraction of sp³-hybridized carbons (Fsp3) is 0.471. The number of aliphatic imine (C=N–C) groups is 1. The zero-order valence-electron chi connectivity index (χ0n) is 14.0. The standard InChI is InChI=1S/C17H27N3O.HI/c1-6-10-19-17(18-7-2)20-12-15-9-8-14(5)11-16(15)21-13(3)4;/h6,8-9,11,13H,1,7,10,12H2,2-5H3,(H2,18,19,20);1H. The number of rotatable bonds is 7. The van der Waals surface area contributed by atoms with Gasteiger partial charge < -0.3 is 15.4 Å². The van der Waals surface area contributed by atoms with E-state index in [0.717, 1.165) is 23.8 Å². The molecule has 0 heterocycles. The van der Waals surface area contributed by atoms with Crippen molar-refractivity contribution < 1.29 is 4.74 Å². The van der Waals surface area contributed by atoms with Crippen molar-refractivity contribution in [1.82, 2.24) is 10.6 Å². The van der Waals surface area contributed by atoms with Crippen LogP contribution >= 0.6 is 24.0 Å². The van der Waals surface area contributed by atoms with E-state index in [9.17, 15) is 0 Å². The highest BCUT2D eigenvalue weighted by Gasteiger charge is 2.06. The van der Waals surface area contributed by atoms with Crippen molar-refractivity contribution in [2.24, 2.45) is 4.99 Å². The summed E-state index contributed by atoms with van der Waals surface area (Å²) in [5.74, 6) is 1.70. The highest BCUT2D eigenvalue weighted by Crippen LogP contribution is 2.22. The molecule has 0 saturated heterocycles. The largest absolute Gasteiger partial charge is 0.491 e. The van der Waals surface area contributed by atoms with E-state index in [-0.39, 0.29) is 30.1 Å². The maximum Gasteiger partial charge on any atom is 0.191 e. The quantitative estimate of drug-likeness (QED) is 0.308. The van der Waals surface area contributed by atoms with Crippen LogP contribution in [-0.2, 0) is 6.54 Å². The topological polar surface area (TPSA) is 45.7 Å². The molecule has 22 heavy (non-hydrogen) atoms. The van der Waals surface area contributed by atoms with Gasteiger partial charge in [0.2, 0.25) is 0 Å². The van der Waals surface area contributed by atoms with Crippen molar-refractivity contribution in [3.8, 4) is 5.75 Å². The summed E-state index contributed by atoms with van der Waals surface area (Å²) < 4.78 is 5.87. The number of aryl methyl sites for hydroxylation is 1. The van der Waals surface area contributed by atoms with Gasteiger partial charge in [-0.2, -0.15) is 0 Å². The number of hydrogen-bond donors (Lipinski definition) is 2. The second-order valence-corrected chi connectivity index (χ2v) is 5.14. The summed E-state index contributed by atoms with van der Waals surface area (Å²) in [7, 11) is 0. The molecule has 4 nitrogen and oxygen atoms in total. The Kier molecular flexibility index (Phi) is 10.7. The minimum Gasteiger partial charge on any atom is -0.491 e. The van der Waals surface area contributed by atoms with E-state index in [2.05, 4.69) is 47.3 Å². The summed E-state index contributed by atoms with van der Waals surface area (Å²) in [6.07, 6.45) is 1.97. The predicted molar refractivity (Wildman–Crippen MR) is 105 cm³/mol. The third-order valence-electron chi connectivity index (χ3n) is 2.75. The molecular weight excluding hydrogens is 389 g/mol. The first-order valence-corrected chi connectivity index (χ1v) is 7.46. The van der Waals surface area contributed by atoms with E-state index >= 15 is 0 Å². The molecular formula is C17H28IN3O. The van der Waals surface area contributed by atoms with Gasteiger partial charge in [-0.25, -0.2) is 4.99 Å². The second-order valence-electron chi connectivity index (χ2n) is 5.14. The van der Waals surface area contributed by atoms with E-state index in [0.29, 0.717) is 13.1 Å². The number of benzene rings is 1. The molecule has 1 aromatic rings. The van der Waals surface area contributed by atoms with Crippen molar-refractivity contribution in [1.29, 1.82) is 0 Å². The Morgan fingerprint density at radius 3 is 2.68 bits per heavy atom. The van der Waals surface area contributed by atoms with Crippen molar-refractivity contribution in [3.05, 3.63) is 42.0 Å². The first-order valence-electron chi connectivity index (χ1n) is 7.46. The lowest BCUT2D eigenvalue weighted by Gasteiger charge is -2.15. The summed E-state index contributed by atoms with van der Waals surface area (Å²) in [6, 6.07) is 6.23. The minimum atomic E-state index is 0. The molecule has 0 aliphatic heterocycles. The number of hydrogen-bond acceptors (Lipinski definition) is 2. The Hall–Kier alpha value is -1.24. The molecule has 0 aromatic heterocycles. The monoisotopic (exact) mass is 417 g/mol. The molecule has 0 fully saturated rings. The fourth-order valence-corrected chi connectivity index (χ4v) is 1.83. The highest BCUT2D eigenvalue weighted by atomic mass is 127. The zero-order valence-corrected chi connectivity index (χ0v) is 16.3. The van der Waals surface area contributed by atoms with Gasteiger partial charge in [0.25, 0.3) is 0 Å². The number of nitrogens with zero attached hydrogens (tertiary/aromatic N) is 1. The number of halogens is 1. The Labute approximate surface area is 151 Å². The van der Waals surface area contributed by atoms with Crippen LogP contribution in [0.5, 0.6) is 5.75 Å². The van der Waals surface area contributed by atoms with E-state index < -0.39 is 0 Å². The summed E-state index contributed by atoms with van der Waals surface area (Å²) in [5.41, 5.74) is 2.28. The molecule has 0 bridgehead atoms. The van der Waals surface area contributed by atoms with Crippen molar-refractivity contribution in [2.45, 2.75) is 40.3 Å². The maximum absolute atomic E-state index is 5.87. The molecule has 0 amide bonds. The minimum absolute atomic E-state index is 0. The highest BCUT2D eigenvalue weighted by molar-refractivity contribution is 14.0. The van der Waals surface area contributed by atoms with Crippen molar-refractivity contribution in [3.63, 3.8) is 0 Å². The van der Waals surface area contributed by atoms with Crippen LogP contribution in [0.3, 0.4) is 0 Å². The van der Waals surface area contributed by atoms with E-state index in [1.165, 1.54) is 5.56 Å². The molecule has 0 radical (unpaired) electrons. The van der Waals surface area contributed by atoms with E-state index in [4.69, 9.17) is 4.74 Å². The molecule has 2 N–H and O–H groups in total. The molecule has 1 rings (SSSR count). The van der Waals surface area contributed by atoms with Gasteiger partial charge >= 0.3 is 0 Å². The maximum atomic E-state index is 5.87. The molecule has 0 saturated carbocycles. The van der Waals surface area contributed by atoms with Gasteiger partial charge in [-0.15, -0.1) is 30.6 Å². The van der Waals surface area contributed by atoms with Crippen LogP contribution in [0.2, 0.25) is 0 Å². The zero-order chi connectivity index (χ0) is 15.7. The van der Waals surface area contributed by atoms with Crippen molar-refractivity contribution in [2.75, 3.05) is 13.1 Å². The number of ether oxygens (including phenoxy) is 1. The fourth-order valence-electron chi connectivity index (χ4n) is 1.83. The van der Waals surface area contributed by atoms with Gasteiger partial charge in [-0.05, 0) is 39.3 Å². The van der Waals surface area contributed by atoms with E-state index in [1.54, 1.807) is 0 Å². The lowest BCUT2D eigenvalue weighted by molar-refractivity contribution is 0.240. The van der Waals surface area contributed by atoms with E-state index in [1.807, 2.05) is 26.8 Å². The first kappa shape index (κ1) is 20.8. The average Bonchev–Trinajstić information content (AvgIpc) is 2.43. The summed E-state index contributed by atoms with van der Waals surface area (Å²) in [6.45, 7) is 14.0. The third kappa shape index (κ3) is 7.68. The first-order chi connectivity index (χ1) is 10.1. The summed E-state index contributed by atoms with van der Waals surface area (Å²) in [5, 5.41) is 6.40. The normalized spacial score (nSPS) is 10.9. The molecule has 5 heteroatoms. The number of guanidine groups is 1. The lowest BCUT2D eigenvalue weighted by Crippen LogP contribution is -2.37. The van der Waals surface area contributed by atoms with Crippen LogP contribution < -0.4 is 15.4 Å².